The largest absolute Gasteiger partial charge is 0.347 e. The molecule has 7 heteroatoms. The summed E-state index contributed by atoms with van der Waals surface area (Å²) < 4.78 is 0. The second-order valence-corrected chi connectivity index (χ2v) is 11.1. The molecule has 1 aliphatic heterocycles. The van der Waals surface area contributed by atoms with Crippen LogP contribution in [0.3, 0.4) is 0 Å². The van der Waals surface area contributed by atoms with E-state index in [-0.39, 0.29) is 29.8 Å². The van der Waals surface area contributed by atoms with Gasteiger partial charge >= 0.3 is 0 Å². The van der Waals surface area contributed by atoms with Crippen molar-refractivity contribution < 1.29 is 14.4 Å². The number of likely N-dealkylation sites (tertiary alicyclic amines) is 1. The quantitative estimate of drug-likeness (QED) is 0.595. The van der Waals surface area contributed by atoms with Crippen LogP contribution >= 0.6 is 0 Å². The Morgan fingerprint density at radius 2 is 1.71 bits per heavy atom. The standard InChI is InChI=1S/C28H38N4O3/c1-17(29-5)25(33)31-24(28(2,3)4)27(35)32-16-15-19-13-14-22(23(19)32)30-26(34)21-12-8-10-18-9-6-7-11-20(18)21/h6-12,17,19,22-24,29H,13-16H2,1-5H3,(H,30,34)(H,31,33)/t17-,19+,22-,23?,24+/m0/s1. The molecule has 1 saturated heterocycles. The molecule has 5 atom stereocenters. The molecule has 35 heavy (non-hydrogen) atoms. The van der Waals surface area contributed by atoms with Gasteiger partial charge in [-0.1, -0.05) is 57.2 Å². The Bertz CT molecular complexity index is 1100. The average molecular weight is 479 g/mol. The van der Waals surface area contributed by atoms with Crippen LogP contribution in [0.2, 0.25) is 0 Å². The lowest BCUT2D eigenvalue weighted by Crippen LogP contribution is -2.60. The molecule has 1 heterocycles. The van der Waals surface area contributed by atoms with Gasteiger partial charge in [0.1, 0.15) is 6.04 Å². The minimum absolute atomic E-state index is 0.0510. The van der Waals surface area contributed by atoms with Crippen molar-refractivity contribution in [3.8, 4) is 0 Å². The Kier molecular flexibility index (Phi) is 7.17. The van der Waals surface area contributed by atoms with Crippen molar-refractivity contribution in [2.24, 2.45) is 11.3 Å². The molecule has 2 aliphatic rings. The Hall–Kier alpha value is -2.93. The third kappa shape index (κ3) is 5.06. The fourth-order valence-corrected chi connectivity index (χ4v) is 5.60. The van der Waals surface area contributed by atoms with Gasteiger partial charge in [-0.05, 0) is 61.4 Å². The number of carbonyl (C=O) groups is 3. The topological polar surface area (TPSA) is 90.5 Å². The van der Waals surface area contributed by atoms with Crippen molar-refractivity contribution in [2.75, 3.05) is 13.6 Å². The van der Waals surface area contributed by atoms with E-state index in [0.29, 0.717) is 18.0 Å². The maximum Gasteiger partial charge on any atom is 0.252 e. The molecule has 1 aliphatic carbocycles. The van der Waals surface area contributed by atoms with Gasteiger partial charge < -0.3 is 20.9 Å². The molecule has 0 spiro atoms. The third-order valence-electron chi connectivity index (χ3n) is 7.70. The molecular formula is C28H38N4O3. The van der Waals surface area contributed by atoms with Gasteiger partial charge in [0, 0.05) is 18.2 Å². The minimum Gasteiger partial charge on any atom is -0.347 e. The summed E-state index contributed by atoms with van der Waals surface area (Å²) >= 11 is 0. The molecule has 188 valence electrons. The first-order valence-corrected chi connectivity index (χ1v) is 12.7. The summed E-state index contributed by atoms with van der Waals surface area (Å²) in [5.74, 6) is 0.0105. The van der Waals surface area contributed by atoms with E-state index < -0.39 is 17.5 Å². The number of likely N-dealkylation sites (N-methyl/N-ethyl adjacent to an activating group) is 1. The highest BCUT2D eigenvalue weighted by Gasteiger charge is 2.49. The van der Waals surface area contributed by atoms with Gasteiger partial charge in [-0.15, -0.1) is 0 Å². The second kappa shape index (κ2) is 9.97. The first-order valence-electron chi connectivity index (χ1n) is 12.7. The second-order valence-electron chi connectivity index (χ2n) is 11.1. The molecule has 2 aromatic rings. The molecule has 7 nitrogen and oxygen atoms in total. The maximum absolute atomic E-state index is 13.8. The first kappa shape index (κ1) is 25.2. The van der Waals surface area contributed by atoms with Gasteiger partial charge in [0.2, 0.25) is 11.8 Å². The number of amides is 3. The van der Waals surface area contributed by atoms with Gasteiger partial charge in [-0.2, -0.15) is 0 Å². The molecule has 3 N–H and O–H groups in total. The predicted molar refractivity (Wildman–Crippen MR) is 138 cm³/mol. The first-order chi connectivity index (χ1) is 16.6. The molecule has 1 saturated carbocycles. The van der Waals surface area contributed by atoms with Crippen molar-refractivity contribution in [3.05, 3.63) is 48.0 Å². The lowest BCUT2D eigenvalue weighted by atomic mass is 9.85. The monoisotopic (exact) mass is 478 g/mol. The Labute approximate surface area is 208 Å². The van der Waals surface area contributed by atoms with Gasteiger partial charge in [0.15, 0.2) is 0 Å². The van der Waals surface area contributed by atoms with Crippen LogP contribution in [0.1, 0.15) is 57.3 Å². The van der Waals surface area contributed by atoms with Crippen LogP contribution < -0.4 is 16.0 Å². The van der Waals surface area contributed by atoms with Crippen LogP contribution in [-0.4, -0.2) is 60.4 Å². The summed E-state index contributed by atoms with van der Waals surface area (Å²) in [5.41, 5.74) is 0.210. The van der Waals surface area contributed by atoms with E-state index in [1.165, 1.54) is 0 Å². The SMILES string of the molecule is CN[C@@H](C)C(=O)N[C@H](C(=O)N1CC[C@H]2CC[C@H](NC(=O)c3cccc4ccccc34)C21)C(C)(C)C. The van der Waals surface area contributed by atoms with E-state index in [9.17, 15) is 14.4 Å². The normalized spacial score (nSPS) is 23.6. The van der Waals surface area contributed by atoms with Crippen LogP contribution in [0.5, 0.6) is 0 Å². The number of nitrogens with zero attached hydrogens (tertiary/aromatic N) is 1. The molecule has 2 aromatic carbocycles. The molecule has 0 bridgehead atoms. The number of benzene rings is 2. The van der Waals surface area contributed by atoms with Crippen LogP contribution in [0.15, 0.2) is 42.5 Å². The highest BCUT2D eigenvalue weighted by atomic mass is 16.2. The van der Waals surface area contributed by atoms with Crippen LogP contribution in [-0.2, 0) is 9.59 Å². The lowest BCUT2D eigenvalue weighted by Gasteiger charge is -2.38. The van der Waals surface area contributed by atoms with Gasteiger partial charge in [-0.25, -0.2) is 0 Å². The number of hydrogen-bond donors (Lipinski definition) is 3. The van der Waals surface area contributed by atoms with Crippen molar-refractivity contribution in [3.63, 3.8) is 0 Å². The Morgan fingerprint density at radius 1 is 1.00 bits per heavy atom. The van der Waals surface area contributed by atoms with Gasteiger partial charge in [-0.3, -0.25) is 14.4 Å². The summed E-state index contributed by atoms with van der Waals surface area (Å²) in [7, 11) is 1.73. The number of carbonyl (C=O) groups excluding carboxylic acids is 3. The minimum atomic E-state index is -0.639. The zero-order valence-electron chi connectivity index (χ0n) is 21.4. The van der Waals surface area contributed by atoms with E-state index in [1.807, 2.05) is 68.1 Å². The van der Waals surface area contributed by atoms with E-state index in [1.54, 1.807) is 14.0 Å². The number of rotatable bonds is 6. The highest BCUT2D eigenvalue weighted by molar-refractivity contribution is 6.07. The Morgan fingerprint density at radius 3 is 2.43 bits per heavy atom. The van der Waals surface area contributed by atoms with Crippen LogP contribution in [0.25, 0.3) is 10.8 Å². The van der Waals surface area contributed by atoms with E-state index >= 15 is 0 Å². The summed E-state index contributed by atoms with van der Waals surface area (Å²) in [6.45, 7) is 8.35. The maximum atomic E-state index is 13.8. The van der Waals surface area contributed by atoms with Crippen molar-refractivity contribution >= 4 is 28.5 Å². The van der Waals surface area contributed by atoms with Crippen molar-refractivity contribution in [2.45, 2.75) is 71.1 Å². The molecule has 0 radical (unpaired) electrons. The number of fused-ring (bicyclic) bond motifs is 2. The lowest BCUT2D eigenvalue weighted by molar-refractivity contribution is -0.141. The van der Waals surface area contributed by atoms with E-state index in [4.69, 9.17) is 0 Å². The molecular weight excluding hydrogens is 440 g/mol. The smallest absolute Gasteiger partial charge is 0.252 e. The number of nitrogens with one attached hydrogen (secondary N) is 3. The fraction of sp³-hybridized carbons (Fsp3) is 0.536. The van der Waals surface area contributed by atoms with Crippen LogP contribution in [0.4, 0.5) is 0 Å². The third-order valence-corrected chi connectivity index (χ3v) is 7.70. The summed E-state index contributed by atoms with van der Waals surface area (Å²) in [5, 5.41) is 11.1. The summed E-state index contributed by atoms with van der Waals surface area (Å²) in [4.78, 5) is 41.8. The molecule has 1 unspecified atom stereocenters. The zero-order valence-corrected chi connectivity index (χ0v) is 21.4. The average Bonchev–Trinajstić information content (AvgIpc) is 3.43. The molecule has 0 aromatic heterocycles. The predicted octanol–water partition coefficient (Wildman–Crippen LogP) is 3.09. The zero-order chi connectivity index (χ0) is 25.3. The molecule has 3 amide bonds. The Balaban J connectivity index is 1.54. The van der Waals surface area contributed by atoms with Gasteiger partial charge in [0.25, 0.3) is 5.91 Å². The fourth-order valence-electron chi connectivity index (χ4n) is 5.60. The number of hydrogen-bond acceptors (Lipinski definition) is 4. The van der Waals surface area contributed by atoms with Gasteiger partial charge in [0.05, 0.1) is 12.1 Å². The van der Waals surface area contributed by atoms with E-state index in [2.05, 4.69) is 16.0 Å². The molecule has 2 fully saturated rings. The van der Waals surface area contributed by atoms with Crippen molar-refractivity contribution in [1.29, 1.82) is 0 Å². The van der Waals surface area contributed by atoms with Crippen LogP contribution in [0, 0.1) is 11.3 Å². The van der Waals surface area contributed by atoms with Crippen molar-refractivity contribution in [1.82, 2.24) is 20.9 Å². The molecule has 4 rings (SSSR count). The summed E-state index contributed by atoms with van der Waals surface area (Å²) in [6, 6.07) is 12.5. The summed E-state index contributed by atoms with van der Waals surface area (Å²) in [6.07, 6.45) is 2.76. The highest BCUT2D eigenvalue weighted by Crippen LogP contribution is 2.39. The van der Waals surface area contributed by atoms with E-state index in [0.717, 1.165) is 30.0 Å².